The fourth-order valence-corrected chi connectivity index (χ4v) is 6.63. The van der Waals surface area contributed by atoms with Gasteiger partial charge in [-0.1, -0.05) is 13.3 Å². The molecular formula is C17H26N2O6S2. The SMILES string of the molecule is CCCCN([C@@H]1CCS(=O)(=O)C1)S(=O)(=O)c1ccc(OC)c(NC(C)=O)c1. The average molecular weight is 419 g/mol. The van der Waals surface area contributed by atoms with Crippen LogP contribution in [0.4, 0.5) is 5.69 Å². The topological polar surface area (TPSA) is 110 Å². The molecule has 27 heavy (non-hydrogen) atoms. The Labute approximate surface area is 160 Å². The maximum absolute atomic E-state index is 13.3. The number of carbonyl (C=O) groups is 1. The fraction of sp³-hybridized carbons (Fsp3) is 0.588. The molecule has 0 saturated carbocycles. The number of anilines is 1. The van der Waals surface area contributed by atoms with Gasteiger partial charge in [-0.25, -0.2) is 16.8 Å². The second-order valence-electron chi connectivity index (χ2n) is 6.57. The molecule has 1 N–H and O–H groups in total. The molecule has 2 rings (SSSR count). The molecule has 0 aromatic heterocycles. The number of ether oxygens (including phenoxy) is 1. The van der Waals surface area contributed by atoms with Crippen molar-refractivity contribution < 1.29 is 26.4 Å². The first-order valence-corrected chi connectivity index (χ1v) is 12.0. The summed E-state index contributed by atoms with van der Waals surface area (Å²) in [6.07, 6.45) is 1.70. The lowest BCUT2D eigenvalue weighted by molar-refractivity contribution is -0.114. The summed E-state index contributed by atoms with van der Waals surface area (Å²) in [6, 6.07) is 3.65. The minimum Gasteiger partial charge on any atom is -0.495 e. The molecule has 1 saturated heterocycles. The van der Waals surface area contributed by atoms with Gasteiger partial charge >= 0.3 is 0 Å². The van der Waals surface area contributed by atoms with Crippen molar-refractivity contribution in [2.75, 3.05) is 30.5 Å². The molecule has 1 heterocycles. The molecule has 1 amide bonds. The molecular weight excluding hydrogens is 392 g/mol. The number of sulfone groups is 1. The Kier molecular flexibility index (Phi) is 6.87. The summed E-state index contributed by atoms with van der Waals surface area (Å²) in [5.74, 6) is -0.180. The lowest BCUT2D eigenvalue weighted by Gasteiger charge is -2.27. The number of methoxy groups -OCH3 is 1. The van der Waals surface area contributed by atoms with Gasteiger partial charge in [0, 0.05) is 19.5 Å². The third-order valence-electron chi connectivity index (χ3n) is 4.44. The third-order valence-corrected chi connectivity index (χ3v) is 8.13. The van der Waals surface area contributed by atoms with Crippen LogP contribution in [0.3, 0.4) is 0 Å². The van der Waals surface area contributed by atoms with E-state index >= 15 is 0 Å². The highest BCUT2D eigenvalue weighted by Crippen LogP contribution is 2.31. The molecule has 1 aromatic rings. The second-order valence-corrected chi connectivity index (χ2v) is 10.7. The molecule has 0 radical (unpaired) electrons. The molecule has 152 valence electrons. The number of carbonyl (C=O) groups excluding carboxylic acids is 1. The van der Waals surface area contributed by atoms with Crippen LogP contribution in [0.5, 0.6) is 5.75 Å². The Morgan fingerprint density at radius 3 is 2.59 bits per heavy atom. The fourth-order valence-electron chi connectivity index (χ4n) is 3.09. The van der Waals surface area contributed by atoms with E-state index in [0.717, 1.165) is 6.42 Å². The molecule has 10 heteroatoms. The first kappa shape index (κ1) is 21.6. The zero-order valence-corrected chi connectivity index (χ0v) is 17.4. The zero-order valence-electron chi connectivity index (χ0n) is 15.8. The standard InChI is InChI=1S/C17H26N2O6S2/c1-4-5-9-19(14-8-10-26(21,22)12-14)27(23,24)15-6-7-17(25-3)16(11-15)18-13(2)20/h6-7,11,14H,4-5,8-10,12H2,1-3H3,(H,18,20)/t14-/m1/s1. The van der Waals surface area contributed by atoms with Gasteiger partial charge in [-0.2, -0.15) is 4.31 Å². The molecule has 1 atom stereocenters. The lowest BCUT2D eigenvalue weighted by Crippen LogP contribution is -2.41. The summed E-state index contributed by atoms with van der Waals surface area (Å²) in [5, 5.41) is 2.56. The Morgan fingerprint density at radius 2 is 2.07 bits per heavy atom. The van der Waals surface area contributed by atoms with E-state index in [1.165, 1.54) is 36.5 Å². The number of benzene rings is 1. The van der Waals surface area contributed by atoms with E-state index < -0.39 is 25.9 Å². The van der Waals surface area contributed by atoms with Gasteiger partial charge < -0.3 is 10.1 Å². The highest BCUT2D eigenvalue weighted by molar-refractivity contribution is 7.92. The number of sulfonamides is 1. The van der Waals surface area contributed by atoms with E-state index in [9.17, 15) is 21.6 Å². The summed E-state index contributed by atoms with van der Waals surface area (Å²) in [7, 11) is -5.73. The monoisotopic (exact) mass is 418 g/mol. The predicted octanol–water partition coefficient (Wildman–Crippen LogP) is 1.63. The quantitative estimate of drug-likeness (QED) is 0.687. The number of nitrogens with one attached hydrogen (secondary N) is 1. The van der Waals surface area contributed by atoms with Crippen LogP contribution in [0.15, 0.2) is 23.1 Å². The number of nitrogens with zero attached hydrogens (tertiary/aromatic N) is 1. The van der Waals surface area contributed by atoms with Gasteiger partial charge in [0.15, 0.2) is 9.84 Å². The Morgan fingerprint density at radius 1 is 1.37 bits per heavy atom. The first-order valence-electron chi connectivity index (χ1n) is 8.78. The van der Waals surface area contributed by atoms with Gasteiger partial charge in [0.05, 0.1) is 29.2 Å². The van der Waals surface area contributed by atoms with E-state index in [2.05, 4.69) is 5.32 Å². The predicted molar refractivity (Wildman–Crippen MR) is 103 cm³/mol. The van der Waals surface area contributed by atoms with Crippen molar-refractivity contribution >= 4 is 31.5 Å². The van der Waals surface area contributed by atoms with Crippen molar-refractivity contribution in [1.82, 2.24) is 4.31 Å². The summed E-state index contributed by atoms with van der Waals surface area (Å²) in [4.78, 5) is 11.4. The third kappa shape index (κ3) is 5.20. The van der Waals surface area contributed by atoms with Crippen molar-refractivity contribution in [3.05, 3.63) is 18.2 Å². The van der Waals surface area contributed by atoms with Gasteiger partial charge in [0.25, 0.3) is 0 Å². The molecule has 1 fully saturated rings. The lowest BCUT2D eigenvalue weighted by atomic mass is 10.2. The number of hydrogen-bond donors (Lipinski definition) is 1. The highest BCUT2D eigenvalue weighted by Gasteiger charge is 2.38. The number of rotatable bonds is 8. The maximum atomic E-state index is 13.3. The minimum absolute atomic E-state index is 0.00440. The minimum atomic E-state index is -3.93. The van der Waals surface area contributed by atoms with Gasteiger partial charge in [0.2, 0.25) is 15.9 Å². The Hall–Kier alpha value is -1.65. The average Bonchev–Trinajstić information content (AvgIpc) is 2.94. The van der Waals surface area contributed by atoms with Gasteiger partial charge in [0.1, 0.15) is 5.75 Å². The zero-order chi connectivity index (χ0) is 20.2. The van der Waals surface area contributed by atoms with Gasteiger partial charge in [-0.15, -0.1) is 0 Å². The molecule has 1 aliphatic heterocycles. The van der Waals surface area contributed by atoms with Crippen LogP contribution in [0, 0.1) is 0 Å². The number of amides is 1. The molecule has 1 aromatic carbocycles. The molecule has 0 unspecified atom stereocenters. The molecule has 1 aliphatic rings. The molecule has 0 bridgehead atoms. The summed E-state index contributed by atoms with van der Waals surface area (Å²) < 4.78 is 56.7. The number of unbranched alkanes of at least 4 members (excludes halogenated alkanes) is 1. The van der Waals surface area contributed by atoms with E-state index in [-0.39, 0.29) is 34.5 Å². The maximum Gasteiger partial charge on any atom is 0.243 e. The Balaban J connectivity index is 2.44. The van der Waals surface area contributed by atoms with Crippen LogP contribution in [-0.4, -0.2) is 58.3 Å². The van der Waals surface area contributed by atoms with Gasteiger partial charge in [-0.3, -0.25) is 4.79 Å². The van der Waals surface area contributed by atoms with Crippen molar-refractivity contribution in [1.29, 1.82) is 0 Å². The largest absolute Gasteiger partial charge is 0.495 e. The molecule has 8 nitrogen and oxygen atoms in total. The van der Waals surface area contributed by atoms with E-state index in [4.69, 9.17) is 4.74 Å². The van der Waals surface area contributed by atoms with Crippen molar-refractivity contribution in [3.63, 3.8) is 0 Å². The van der Waals surface area contributed by atoms with E-state index in [1.54, 1.807) is 0 Å². The van der Waals surface area contributed by atoms with Crippen LogP contribution in [0.2, 0.25) is 0 Å². The number of hydrogen-bond acceptors (Lipinski definition) is 6. The normalized spacial score (nSPS) is 19.2. The Bertz CT molecular complexity index is 896. The first-order chi connectivity index (χ1) is 12.6. The molecule has 0 spiro atoms. The molecule has 0 aliphatic carbocycles. The second kappa shape index (κ2) is 8.57. The van der Waals surface area contributed by atoms with Crippen LogP contribution in [0.1, 0.15) is 33.1 Å². The van der Waals surface area contributed by atoms with Crippen LogP contribution in [-0.2, 0) is 24.7 Å². The summed E-state index contributed by atoms with van der Waals surface area (Å²) >= 11 is 0. The van der Waals surface area contributed by atoms with Crippen molar-refractivity contribution in [3.8, 4) is 5.75 Å². The van der Waals surface area contributed by atoms with E-state index in [1.807, 2.05) is 6.92 Å². The van der Waals surface area contributed by atoms with Crippen LogP contribution < -0.4 is 10.1 Å². The summed E-state index contributed by atoms with van der Waals surface area (Å²) in [6.45, 7) is 3.51. The highest BCUT2D eigenvalue weighted by atomic mass is 32.2. The van der Waals surface area contributed by atoms with Gasteiger partial charge in [-0.05, 0) is 31.0 Å². The summed E-state index contributed by atoms with van der Waals surface area (Å²) in [5.41, 5.74) is 0.251. The van der Waals surface area contributed by atoms with E-state index in [0.29, 0.717) is 18.6 Å². The van der Waals surface area contributed by atoms with Crippen molar-refractivity contribution in [2.24, 2.45) is 0 Å². The smallest absolute Gasteiger partial charge is 0.243 e. The van der Waals surface area contributed by atoms with Crippen LogP contribution in [0.25, 0.3) is 0 Å². The van der Waals surface area contributed by atoms with Crippen LogP contribution >= 0.6 is 0 Å². The van der Waals surface area contributed by atoms with Crippen molar-refractivity contribution in [2.45, 2.75) is 44.0 Å².